The van der Waals surface area contributed by atoms with Crippen molar-refractivity contribution in [2.24, 2.45) is 13.0 Å². The summed E-state index contributed by atoms with van der Waals surface area (Å²) in [6.45, 7) is 5.23. The fraction of sp³-hybridized carbons (Fsp3) is 0.312. The van der Waals surface area contributed by atoms with Crippen LogP contribution >= 0.6 is 0 Å². The van der Waals surface area contributed by atoms with Gasteiger partial charge in [0, 0.05) is 19.8 Å². The molecule has 5 nitrogen and oxygen atoms in total. The van der Waals surface area contributed by atoms with E-state index in [1.807, 2.05) is 37.5 Å². The maximum Gasteiger partial charge on any atom is 0.161 e. The van der Waals surface area contributed by atoms with Crippen molar-refractivity contribution < 1.29 is 0 Å². The lowest BCUT2D eigenvalue weighted by Crippen LogP contribution is -2.06. The largest absolute Gasteiger partial charge is 0.322 e. The quantitative estimate of drug-likeness (QED) is 0.740. The molecule has 1 aromatic carbocycles. The highest BCUT2D eigenvalue weighted by Crippen LogP contribution is 2.25. The lowest BCUT2D eigenvalue weighted by molar-refractivity contribution is 0.535. The molecule has 0 aliphatic carbocycles. The first kappa shape index (κ1) is 13.4. The van der Waals surface area contributed by atoms with Crippen LogP contribution in [0, 0.1) is 17.2 Å². The predicted molar refractivity (Wildman–Crippen MR) is 81.5 cm³/mol. The van der Waals surface area contributed by atoms with E-state index in [-0.39, 0.29) is 0 Å². The Labute approximate surface area is 123 Å². The number of hydrogen-bond donors (Lipinski definition) is 0. The van der Waals surface area contributed by atoms with Gasteiger partial charge in [-0.05, 0) is 30.2 Å². The summed E-state index contributed by atoms with van der Waals surface area (Å²) in [5.41, 5.74) is 3.37. The first-order valence-electron chi connectivity index (χ1n) is 6.99. The number of nitriles is 1. The Kier molecular flexibility index (Phi) is 3.22. The number of nitrogens with zero attached hydrogens (tertiary/aromatic N) is 5. The molecule has 3 rings (SSSR count). The summed E-state index contributed by atoms with van der Waals surface area (Å²) in [5, 5.41) is 13.5. The van der Waals surface area contributed by atoms with E-state index in [9.17, 15) is 0 Å². The summed E-state index contributed by atoms with van der Waals surface area (Å²) in [6, 6.07) is 9.76. The zero-order valence-corrected chi connectivity index (χ0v) is 12.4. The second-order valence-electron chi connectivity index (χ2n) is 5.63. The summed E-state index contributed by atoms with van der Waals surface area (Å²) >= 11 is 0. The molecule has 2 aromatic heterocycles. The van der Waals surface area contributed by atoms with Crippen molar-refractivity contribution in [3.63, 3.8) is 0 Å². The Hall–Kier alpha value is -2.61. The average Bonchev–Trinajstić information content (AvgIpc) is 3.02. The third-order valence-electron chi connectivity index (χ3n) is 3.37. The Morgan fingerprint density at radius 3 is 2.71 bits per heavy atom. The SMILES string of the molecule is CC(C)Cn1c(-c2ccn(C)n2)nc2cc(C#N)ccc21. The van der Waals surface area contributed by atoms with Gasteiger partial charge in [0.1, 0.15) is 5.69 Å². The van der Waals surface area contributed by atoms with E-state index in [1.54, 1.807) is 4.68 Å². The summed E-state index contributed by atoms with van der Waals surface area (Å²) in [6.07, 6.45) is 1.91. The predicted octanol–water partition coefficient (Wildman–Crippen LogP) is 2.96. The monoisotopic (exact) mass is 279 g/mol. The summed E-state index contributed by atoms with van der Waals surface area (Å²) in [5.74, 6) is 1.36. The van der Waals surface area contributed by atoms with E-state index in [2.05, 4.69) is 29.6 Å². The number of imidazole rings is 1. The third-order valence-corrected chi connectivity index (χ3v) is 3.37. The molecule has 0 aliphatic heterocycles. The van der Waals surface area contributed by atoms with Crippen molar-refractivity contribution in [3.05, 3.63) is 36.0 Å². The van der Waals surface area contributed by atoms with Crippen LogP contribution in [0.1, 0.15) is 19.4 Å². The minimum atomic E-state index is 0.500. The van der Waals surface area contributed by atoms with Crippen LogP contribution in [0.15, 0.2) is 30.5 Å². The molecule has 0 radical (unpaired) electrons. The van der Waals surface area contributed by atoms with Gasteiger partial charge in [0.15, 0.2) is 5.82 Å². The number of fused-ring (bicyclic) bond motifs is 1. The fourth-order valence-electron chi connectivity index (χ4n) is 2.48. The van der Waals surface area contributed by atoms with Crippen LogP contribution in [0.5, 0.6) is 0 Å². The number of rotatable bonds is 3. The maximum atomic E-state index is 9.04. The van der Waals surface area contributed by atoms with Crippen LogP contribution in [0.3, 0.4) is 0 Å². The number of aryl methyl sites for hydroxylation is 1. The molecule has 0 spiro atoms. The van der Waals surface area contributed by atoms with E-state index in [0.717, 1.165) is 29.1 Å². The molecule has 0 bridgehead atoms. The molecule has 0 atom stereocenters. The summed E-state index contributed by atoms with van der Waals surface area (Å²) < 4.78 is 3.96. The molecule has 0 aliphatic rings. The normalized spacial score (nSPS) is 11.2. The topological polar surface area (TPSA) is 59.4 Å². The zero-order valence-electron chi connectivity index (χ0n) is 12.4. The van der Waals surface area contributed by atoms with Crippen molar-refractivity contribution >= 4 is 11.0 Å². The van der Waals surface area contributed by atoms with Crippen molar-refractivity contribution in [3.8, 4) is 17.6 Å². The average molecular weight is 279 g/mol. The van der Waals surface area contributed by atoms with Crippen LogP contribution in [0.4, 0.5) is 0 Å². The van der Waals surface area contributed by atoms with Gasteiger partial charge in [0.05, 0.1) is 22.7 Å². The maximum absolute atomic E-state index is 9.04. The van der Waals surface area contributed by atoms with Gasteiger partial charge >= 0.3 is 0 Å². The molecule has 0 saturated carbocycles. The van der Waals surface area contributed by atoms with Gasteiger partial charge in [-0.25, -0.2) is 4.98 Å². The molecule has 3 aromatic rings. The molecule has 21 heavy (non-hydrogen) atoms. The lowest BCUT2D eigenvalue weighted by atomic mass is 10.2. The van der Waals surface area contributed by atoms with Gasteiger partial charge < -0.3 is 4.57 Å². The molecule has 0 saturated heterocycles. The van der Waals surface area contributed by atoms with Gasteiger partial charge in [-0.15, -0.1) is 0 Å². The molecular formula is C16H17N5. The molecule has 0 amide bonds. The van der Waals surface area contributed by atoms with Gasteiger partial charge in [-0.3, -0.25) is 4.68 Å². The van der Waals surface area contributed by atoms with Crippen molar-refractivity contribution in [1.82, 2.24) is 19.3 Å². The van der Waals surface area contributed by atoms with E-state index in [4.69, 9.17) is 10.2 Å². The summed E-state index contributed by atoms with van der Waals surface area (Å²) in [4.78, 5) is 4.69. The van der Waals surface area contributed by atoms with E-state index in [0.29, 0.717) is 11.5 Å². The molecule has 2 heterocycles. The van der Waals surface area contributed by atoms with Crippen LogP contribution in [-0.2, 0) is 13.6 Å². The highest BCUT2D eigenvalue weighted by molar-refractivity contribution is 5.81. The summed E-state index contributed by atoms with van der Waals surface area (Å²) in [7, 11) is 1.90. The highest BCUT2D eigenvalue weighted by Gasteiger charge is 2.15. The lowest BCUT2D eigenvalue weighted by Gasteiger charge is -2.10. The Morgan fingerprint density at radius 1 is 1.29 bits per heavy atom. The second-order valence-corrected chi connectivity index (χ2v) is 5.63. The molecule has 0 unspecified atom stereocenters. The fourth-order valence-corrected chi connectivity index (χ4v) is 2.48. The first-order chi connectivity index (χ1) is 10.1. The van der Waals surface area contributed by atoms with Crippen molar-refractivity contribution in [2.75, 3.05) is 0 Å². The van der Waals surface area contributed by atoms with Crippen LogP contribution in [0.25, 0.3) is 22.6 Å². The van der Waals surface area contributed by atoms with Gasteiger partial charge in [-0.1, -0.05) is 13.8 Å². The van der Waals surface area contributed by atoms with Gasteiger partial charge in [0.2, 0.25) is 0 Å². The molecule has 0 N–H and O–H groups in total. The number of hydrogen-bond acceptors (Lipinski definition) is 3. The number of benzene rings is 1. The first-order valence-corrected chi connectivity index (χ1v) is 6.99. The zero-order chi connectivity index (χ0) is 15.0. The van der Waals surface area contributed by atoms with Crippen LogP contribution in [0.2, 0.25) is 0 Å². The molecule has 106 valence electrons. The minimum absolute atomic E-state index is 0.500. The van der Waals surface area contributed by atoms with Gasteiger partial charge in [-0.2, -0.15) is 10.4 Å². The standard InChI is InChI=1S/C16H17N5/c1-11(2)10-21-15-5-4-12(9-17)8-14(15)18-16(21)13-6-7-20(3)19-13/h4-8,11H,10H2,1-3H3. The highest BCUT2D eigenvalue weighted by atomic mass is 15.3. The minimum Gasteiger partial charge on any atom is -0.322 e. The van der Waals surface area contributed by atoms with E-state index < -0.39 is 0 Å². The van der Waals surface area contributed by atoms with Crippen LogP contribution in [-0.4, -0.2) is 19.3 Å². The second kappa shape index (κ2) is 5.06. The van der Waals surface area contributed by atoms with E-state index >= 15 is 0 Å². The molecule has 0 fully saturated rings. The van der Waals surface area contributed by atoms with Crippen molar-refractivity contribution in [1.29, 1.82) is 5.26 Å². The van der Waals surface area contributed by atoms with Crippen LogP contribution < -0.4 is 0 Å². The Morgan fingerprint density at radius 2 is 2.10 bits per heavy atom. The third kappa shape index (κ3) is 2.40. The van der Waals surface area contributed by atoms with Crippen molar-refractivity contribution in [2.45, 2.75) is 20.4 Å². The molecular weight excluding hydrogens is 262 g/mol. The molecule has 5 heteroatoms. The smallest absolute Gasteiger partial charge is 0.161 e. The van der Waals surface area contributed by atoms with E-state index in [1.165, 1.54) is 0 Å². The van der Waals surface area contributed by atoms with Gasteiger partial charge in [0.25, 0.3) is 0 Å². The Bertz CT molecular complexity index is 832. The Balaban J connectivity index is 2.24. The number of aromatic nitrogens is 4.